The molecule has 0 aromatic carbocycles. The van der Waals surface area contributed by atoms with Crippen LogP contribution in [-0.4, -0.2) is 10.9 Å². The molecule has 0 saturated heterocycles. The number of amides is 1. The summed E-state index contributed by atoms with van der Waals surface area (Å²) in [5.74, 6) is -0.0692. The molecule has 1 aromatic rings. The van der Waals surface area contributed by atoms with Crippen molar-refractivity contribution < 1.29 is 4.79 Å². The average Bonchev–Trinajstić information content (AvgIpc) is 2.65. The van der Waals surface area contributed by atoms with E-state index >= 15 is 0 Å². The first kappa shape index (κ1) is 10.1. The minimum atomic E-state index is -0.0692. The number of aryl methyl sites for hydroxylation is 1. The Balaban J connectivity index is 2.03. The van der Waals surface area contributed by atoms with E-state index in [1.165, 1.54) is 11.3 Å². The first-order valence-electron chi connectivity index (χ1n) is 4.86. The fraction of sp³-hybridized carbons (Fsp3) is 0.273. The fourth-order valence-corrected chi connectivity index (χ4v) is 2.02. The van der Waals surface area contributed by atoms with Crippen LogP contribution in [0.4, 0.5) is 5.13 Å². The van der Waals surface area contributed by atoms with E-state index < -0.39 is 0 Å². The number of rotatable bonds is 2. The van der Waals surface area contributed by atoms with E-state index in [1.54, 1.807) is 6.20 Å². The Bertz CT molecular complexity index is 432. The molecule has 0 unspecified atom stereocenters. The average molecular weight is 220 g/mol. The summed E-state index contributed by atoms with van der Waals surface area (Å²) in [6, 6.07) is 0. The third-order valence-corrected chi connectivity index (χ3v) is 2.93. The molecule has 4 heteroatoms. The van der Waals surface area contributed by atoms with E-state index in [1.807, 2.05) is 25.2 Å². The number of carbonyl (C=O) groups excluding carboxylic acids is 1. The number of thiazole rings is 1. The maximum Gasteiger partial charge on any atom is 0.257 e. The van der Waals surface area contributed by atoms with Crippen LogP contribution < -0.4 is 5.32 Å². The van der Waals surface area contributed by atoms with Crippen LogP contribution in [0.2, 0.25) is 0 Å². The minimum absolute atomic E-state index is 0.0692. The molecule has 1 aromatic heterocycles. The highest BCUT2D eigenvalue weighted by atomic mass is 32.1. The number of carbonyl (C=O) groups is 1. The molecule has 1 aliphatic carbocycles. The van der Waals surface area contributed by atoms with E-state index in [0.29, 0.717) is 5.13 Å². The molecule has 0 atom stereocenters. The lowest BCUT2D eigenvalue weighted by atomic mass is 10.1. The Labute approximate surface area is 92.5 Å². The maximum atomic E-state index is 11.7. The van der Waals surface area contributed by atoms with Gasteiger partial charge in [0.15, 0.2) is 5.13 Å². The highest BCUT2D eigenvalue weighted by molar-refractivity contribution is 7.15. The first-order chi connectivity index (χ1) is 7.25. The summed E-state index contributed by atoms with van der Waals surface area (Å²) < 4.78 is 0. The summed E-state index contributed by atoms with van der Waals surface area (Å²) >= 11 is 1.49. The summed E-state index contributed by atoms with van der Waals surface area (Å²) in [7, 11) is 0. The van der Waals surface area contributed by atoms with Gasteiger partial charge in [-0.05, 0) is 19.8 Å². The second-order valence-electron chi connectivity index (χ2n) is 3.37. The summed E-state index contributed by atoms with van der Waals surface area (Å²) in [6.07, 6.45) is 9.55. The Kier molecular flexibility index (Phi) is 2.97. The Morgan fingerprint density at radius 2 is 2.40 bits per heavy atom. The number of allylic oxidation sites excluding steroid dienone is 2. The highest BCUT2D eigenvalue weighted by Gasteiger charge is 2.09. The number of nitrogens with one attached hydrogen (secondary N) is 1. The predicted octanol–water partition coefficient (Wildman–Crippen LogP) is 2.67. The van der Waals surface area contributed by atoms with Gasteiger partial charge in [-0.3, -0.25) is 10.1 Å². The molecular formula is C11H12N2OS. The van der Waals surface area contributed by atoms with Crippen molar-refractivity contribution in [2.75, 3.05) is 5.32 Å². The molecule has 1 N–H and O–H groups in total. The monoisotopic (exact) mass is 220 g/mol. The van der Waals surface area contributed by atoms with Crippen LogP contribution in [0.15, 0.2) is 30.0 Å². The quantitative estimate of drug-likeness (QED) is 0.832. The summed E-state index contributed by atoms with van der Waals surface area (Å²) in [6.45, 7) is 1.97. The molecule has 3 nitrogen and oxygen atoms in total. The van der Waals surface area contributed by atoms with Crippen LogP contribution in [-0.2, 0) is 4.79 Å². The van der Waals surface area contributed by atoms with Crippen molar-refractivity contribution in [1.29, 1.82) is 0 Å². The topological polar surface area (TPSA) is 42.0 Å². The summed E-state index contributed by atoms with van der Waals surface area (Å²) in [5.41, 5.74) is 0.731. The van der Waals surface area contributed by atoms with Crippen LogP contribution in [0.25, 0.3) is 0 Å². The molecule has 0 saturated carbocycles. The minimum Gasteiger partial charge on any atom is -0.298 e. The maximum absolute atomic E-state index is 11.7. The Morgan fingerprint density at radius 1 is 1.53 bits per heavy atom. The van der Waals surface area contributed by atoms with Crippen molar-refractivity contribution in [3.05, 3.63) is 34.9 Å². The van der Waals surface area contributed by atoms with Gasteiger partial charge >= 0.3 is 0 Å². The number of aromatic nitrogens is 1. The Hall–Kier alpha value is -1.42. The van der Waals surface area contributed by atoms with Crippen molar-refractivity contribution in [2.45, 2.75) is 19.8 Å². The molecule has 2 rings (SSSR count). The molecule has 0 fully saturated rings. The number of hydrogen-bond acceptors (Lipinski definition) is 3. The van der Waals surface area contributed by atoms with Gasteiger partial charge < -0.3 is 0 Å². The van der Waals surface area contributed by atoms with Crippen LogP contribution >= 0.6 is 11.3 Å². The van der Waals surface area contributed by atoms with Gasteiger partial charge in [0, 0.05) is 16.6 Å². The zero-order chi connectivity index (χ0) is 10.7. The number of anilines is 1. The van der Waals surface area contributed by atoms with Gasteiger partial charge in [0.05, 0.1) is 0 Å². The molecule has 1 heterocycles. The van der Waals surface area contributed by atoms with Gasteiger partial charge in [0.25, 0.3) is 5.91 Å². The molecule has 0 bridgehead atoms. The van der Waals surface area contributed by atoms with Gasteiger partial charge in [-0.25, -0.2) is 4.98 Å². The summed E-state index contributed by atoms with van der Waals surface area (Å²) in [5, 5.41) is 3.45. The van der Waals surface area contributed by atoms with Gasteiger partial charge in [0.1, 0.15) is 0 Å². The smallest absolute Gasteiger partial charge is 0.257 e. The molecular weight excluding hydrogens is 208 g/mol. The van der Waals surface area contributed by atoms with E-state index in [9.17, 15) is 4.79 Å². The van der Waals surface area contributed by atoms with E-state index in [4.69, 9.17) is 0 Å². The molecule has 0 radical (unpaired) electrons. The molecule has 0 aliphatic heterocycles. The molecule has 15 heavy (non-hydrogen) atoms. The standard InChI is InChI=1S/C11H12N2OS/c1-8-7-12-11(15-8)13-10(14)9-5-3-2-4-6-9/h3,5-7H,2,4H2,1H3,(H,12,13,14). The molecule has 0 spiro atoms. The lowest BCUT2D eigenvalue weighted by Gasteiger charge is -2.05. The van der Waals surface area contributed by atoms with Crippen molar-refractivity contribution in [1.82, 2.24) is 4.98 Å². The van der Waals surface area contributed by atoms with E-state index in [2.05, 4.69) is 10.3 Å². The van der Waals surface area contributed by atoms with Gasteiger partial charge in [0.2, 0.25) is 0 Å². The third-order valence-electron chi connectivity index (χ3n) is 2.10. The van der Waals surface area contributed by atoms with Crippen molar-refractivity contribution in [3.63, 3.8) is 0 Å². The zero-order valence-corrected chi connectivity index (χ0v) is 9.30. The van der Waals surface area contributed by atoms with Crippen LogP contribution in [0.5, 0.6) is 0 Å². The van der Waals surface area contributed by atoms with E-state index in [0.717, 1.165) is 23.3 Å². The lowest BCUT2D eigenvalue weighted by molar-refractivity contribution is -0.112. The fourth-order valence-electron chi connectivity index (χ4n) is 1.36. The second-order valence-corrected chi connectivity index (χ2v) is 4.60. The van der Waals surface area contributed by atoms with E-state index in [-0.39, 0.29) is 5.91 Å². The van der Waals surface area contributed by atoms with Crippen molar-refractivity contribution in [2.24, 2.45) is 0 Å². The normalized spacial score (nSPS) is 14.9. The van der Waals surface area contributed by atoms with Gasteiger partial charge in [-0.1, -0.05) is 18.2 Å². The van der Waals surface area contributed by atoms with Crippen LogP contribution in [0.3, 0.4) is 0 Å². The van der Waals surface area contributed by atoms with Crippen LogP contribution in [0, 0.1) is 6.92 Å². The summed E-state index contributed by atoms with van der Waals surface area (Å²) in [4.78, 5) is 16.9. The second kappa shape index (κ2) is 4.40. The largest absolute Gasteiger partial charge is 0.298 e. The van der Waals surface area contributed by atoms with Crippen LogP contribution in [0.1, 0.15) is 17.7 Å². The third kappa shape index (κ3) is 2.53. The molecule has 78 valence electrons. The van der Waals surface area contributed by atoms with Crippen molar-refractivity contribution in [3.8, 4) is 0 Å². The van der Waals surface area contributed by atoms with Gasteiger partial charge in [-0.2, -0.15) is 0 Å². The molecule has 1 aliphatic rings. The van der Waals surface area contributed by atoms with Crippen molar-refractivity contribution >= 4 is 22.4 Å². The Morgan fingerprint density at radius 3 is 3.00 bits per heavy atom. The molecule has 1 amide bonds. The lowest BCUT2D eigenvalue weighted by Crippen LogP contribution is -2.13. The SMILES string of the molecule is Cc1cnc(NC(=O)C2=CCCC=C2)s1. The zero-order valence-electron chi connectivity index (χ0n) is 8.49. The predicted molar refractivity (Wildman–Crippen MR) is 61.9 cm³/mol. The number of hydrogen-bond donors (Lipinski definition) is 1. The first-order valence-corrected chi connectivity index (χ1v) is 5.68. The highest BCUT2D eigenvalue weighted by Crippen LogP contribution is 2.18. The number of nitrogens with zero attached hydrogens (tertiary/aromatic N) is 1. The van der Waals surface area contributed by atoms with Gasteiger partial charge in [-0.15, -0.1) is 11.3 Å².